The maximum Gasteiger partial charge on any atom is 0.0465 e. The molecule has 1 aliphatic rings. The highest BCUT2D eigenvalue weighted by Crippen LogP contribution is 2.52. The summed E-state index contributed by atoms with van der Waals surface area (Å²) in [5, 5.41) is 0. The van der Waals surface area contributed by atoms with Crippen molar-refractivity contribution in [3.8, 4) is 0 Å². The molecule has 0 fully saturated rings. The van der Waals surface area contributed by atoms with Crippen LogP contribution >= 0.6 is 0 Å². The van der Waals surface area contributed by atoms with Crippen molar-refractivity contribution >= 4 is 34.0 Å². The molecule has 0 saturated heterocycles. The summed E-state index contributed by atoms with van der Waals surface area (Å²) in [4.78, 5) is 4.61. The van der Waals surface area contributed by atoms with Gasteiger partial charge in [0.1, 0.15) is 0 Å². The summed E-state index contributed by atoms with van der Waals surface area (Å²) in [6.07, 6.45) is 4.54. The Morgan fingerprint density at radius 2 is 1.16 bits per heavy atom. The summed E-state index contributed by atoms with van der Waals surface area (Å²) >= 11 is 0. The molecule has 2 heteroatoms. The SMILES string of the molecule is C=C(/C=C1\C(=C/C)c2ccc(N(c3ccccc3)c3cccc(C)c3)cc2C1(C)C)N(c1ccccc1)c1cccc(C)c1. The van der Waals surface area contributed by atoms with E-state index in [1.54, 1.807) is 0 Å². The third-order valence-electron chi connectivity index (χ3n) is 8.62. The molecule has 44 heavy (non-hydrogen) atoms. The molecule has 0 aromatic heterocycles. The van der Waals surface area contributed by atoms with Gasteiger partial charge in [-0.2, -0.15) is 0 Å². The summed E-state index contributed by atoms with van der Waals surface area (Å²) in [7, 11) is 0. The van der Waals surface area contributed by atoms with Crippen LogP contribution in [0.25, 0.3) is 5.57 Å². The van der Waals surface area contributed by atoms with Gasteiger partial charge in [-0.1, -0.05) is 93.2 Å². The van der Waals surface area contributed by atoms with E-state index in [0.717, 1.165) is 34.1 Å². The van der Waals surface area contributed by atoms with Crippen LogP contribution in [0.4, 0.5) is 28.4 Å². The number of benzene rings is 5. The standard InChI is InChI=1S/C42H40N2/c1-7-38-39-25-24-37(44(34-20-12-9-13-21-34)36-23-15-17-31(3)27-36)29-41(39)42(5,6)40(38)28-32(4)43(33-18-10-8-11-19-33)35-22-14-16-30(2)26-35/h7-29H,4H2,1-3,5-6H3/b38-7-,40-28+. The van der Waals surface area contributed by atoms with Crippen LogP contribution in [-0.2, 0) is 5.41 Å². The smallest absolute Gasteiger partial charge is 0.0465 e. The maximum atomic E-state index is 4.65. The number of para-hydroxylation sites is 2. The fourth-order valence-electron chi connectivity index (χ4n) is 6.47. The molecule has 0 aliphatic heterocycles. The third kappa shape index (κ3) is 5.40. The molecule has 2 nitrogen and oxygen atoms in total. The van der Waals surface area contributed by atoms with Crippen molar-refractivity contribution in [2.45, 2.75) is 40.0 Å². The summed E-state index contributed by atoms with van der Waals surface area (Å²) in [5.74, 6) is 0. The van der Waals surface area contributed by atoms with Gasteiger partial charge in [-0.3, -0.25) is 0 Å². The van der Waals surface area contributed by atoms with Crippen molar-refractivity contribution in [2.24, 2.45) is 0 Å². The zero-order valence-corrected chi connectivity index (χ0v) is 26.4. The zero-order valence-electron chi connectivity index (χ0n) is 26.4. The minimum atomic E-state index is -0.236. The van der Waals surface area contributed by atoms with Gasteiger partial charge >= 0.3 is 0 Å². The average Bonchev–Trinajstić information content (AvgIpc) is 3.23. The lowest BCUT2D eigenvalue weighted by Crippen LogP contribution is -2.19. The van der Waals surface area contributed by atoms with Crippen molar-refractivity contribution in [2.75, 3.05) is 9.80 Å². The van der Waals surface area contributed by atoms with Gasteiger partial charge < -0.3 is 9.80 Å². The van der Waals surface area contributed by atoms with Crippen molar-refractivity contribution in [1.29, 1.82) is 0 Å². The predicted molar refractivity (Wildman–Crippen MR) is 190 cm³/mol. The molecule has 0 N–H and O–H groups in total. The first-order chi connectivity index (χ1) is 21.3. The van der Waals surface area contributed by atoms with E-state index in [-0.39, 0.29) is 5.41 Å². The lowest BCUT2D eigenvalue weighted by atomic mass is 9.81. The highest BCUT2D eigenvalue weighted by atomic mass is 15.1. The number of nitrogens with zero attached hydrogens (tertiary/aromatic N) is 2. The Morgan fingerprint density at radius 1 is 0.614 bits per heavy atom. The molecule has 5 aromatic carbocycles. The van der Waals surface area contributed by atoms with E-state index < -0.39 is 0 Å². The minimum absolute atomic E-state index is 0.236. The van der Waals surface area contributed by atoms with E-state index in [1.807, 2.05) is 0 Å². The van der Waals surface area contributed by atoms with Gasteiger partial charge in [-0.25, -0.2) is 0 Å². The molecule has 0 bridgehead atoms. The second kappa shape index (κ2) is 11.9. The molecule has 1 aliphatic carbocycles. The summed E-state index contributed by atoms with van der Waals surface area (Å²) in [6, 6.07) is 45.4. The highest BCUT2D eigenvalue weighted by molar-refractivity contribution is 5.92. The van der Waals surface area contributed by atoms with Gasteiger partial charge in [0.15, 0.2) is 0 Å². The van der Waals surface area contributed by atoms with E-state index in [1.165, 1.54) is 33.4 Å². The first kappa shape index (κ1) is 29.0. The van der Waals surface area contributed by atoms with Crippen molar-refractivity contribution < 1.29 is 0 Å². The van der Waals surface area contributed by atoms with E-state index in [9.17, 15) is 0 Å². The lowest BCUT2D eigenvalue weighted by Gasteiger charge is -2.29. The van der Waals surface area contributed by atoms with Crippen LogP contribution < -0.4 is 9.80 Å². The number of allylic oxidation sites excluding steroid dienone is 4. The van der Waals surface area contributed by atoms with E-state index >= 15 is 0 Å². The van der Waals surface area contributed by atoms with Crippen LogP contribution in [0.3, 0.4) is 0 Å². The summed E-state index contributed by atoms with van der Waals surface area (Å²) < 4.78 is 0. The van der Waals surface area contributed by atoms with Gasteiger partial charge in [0, 0.05) is 39.5 Å². The number of hydrogen-bond acceptors (Lipinski definition) is 2. The Hall–Kier alpha value is -5.08. The first-order valence-electron chi connectivity index (χ1n) is 15.3. The topological polar surface area (TPSA) is 6.48 Å². The first-order valence-corrected chi connectivity index (χ1v) is 15.3. The predicted octanol–water partition coefficient (Wildman–Crippen LogP) is 11.7. The van der Waals surface area contributed by atoms with E-state index in [4.69, 9.17) is 0 Å². The second-order valence-electron chi connectivity index (χ2n) is 12.1. The van der Waals surface area contributed by atoms with Gasteiger partial charge in [0.25, 0.3) is 0 Å². The average molecular weight is 573 g/mol. The van der Waals surface area contributed by atoms with Crippen LogP contribution in [-0.4, -0.2) is 0 Å². The quantitative estimate of drug-likeness (QED) is 0.191. The molecule has 0 radical (unpaired) electrons. The fraction of sp³-hybridized carbons (Fsp3) is 0.143. The summed E-state index contributed by atoms with van der Waals surface area (Å²) in [5.41, 5.74) is 13.9. The van der Waals surface area contributed by atoms with Crippen molar-refractivity contribution in [3.05, 3.63) is 180 Å². The van der Waals surface area contributed by atoms with Crippen LogP contribution in [0.2, 0.25) is 0 Å². The Morgan fingerprint density at radius 3 is 1.77 bits per heavy atom. The molecule has 0 unspecified atom stereocenters. The number of anilines is 5. The molecule has 218 valence electrons. The molecule has 0 heterocycles. The lowest BCUT2D eigenvalue weighted by molar-refractivity contribution is 0.660. The molecule has 0 spiro atoms. The molecular weight excluding hydrogens is 532 g/mol. The number of fused-ring (bicyclic) bond motifs is 1. The maximum absolute atomic E-state index is 4.65. The number of aryl methyl sites for hydroxylation is 2. The van der Waals surface area contributed by atoms with Gasteiger partial charge in [0.2, 0.25) is 0 Å². The zero-order chi connectivity index (χ0) is 30.8. The Balaban J connectivity index is 1.46. The largest absolute Gasteiger partial charge is 0.311 e. The summed E-state index contributed by atoms with van der Waals surface area (Å²) in [6.45, 7) is 15.7. The third-order valence-corrected chi connectivity index (χ3v) is 8.62. The van der Waals surface area contributed by atoms with Crippen LogP contribution in [0.5, 0.6) is 0 Å². The van der Waals surface area contributed by atoms with Gasteiger partial charge in [0.05, 0.1) is 0 Å². The molecule has 0 saturated carbocycles. The van der Waals surface area contributed by atoms with Crippen LogP contribution in [0.15, 0.2) is 157 Å². The molecule has 6 rings (SSSR count). The van der Waals surface area contributed by atoms with Crippen molar-refractivity contribution in [1.82, 2.24) is 0 Å². The van der Waals surface area contributed by atoms with Gasteiger partial charge in [-0.05, 0) is 121 Å². The van der Waals surface area contributed by atoms with Crippen LogP contribution in [0.1, 0.15) is 43.0 Å². The molecule has 0 atom stereocenters. The Bertz CT molecular complexity index is 1880. The second-order valence-corrected chi connectivity index (χ2v) is 12.1. The monoisotopic (exact) mass is 572 g/mol. The number of rotatable bonds is 7. The van der Waals surface area contributed by atoms with Crippen LogP contribution in [0, 0.1) is 13.8 Å². The number of hydrogen-bond donors (Lipinski definition) is 0. The van der Waals surface area contributed by atoms with Gasteiger partial charge in [-0.15, -0.1) is 0 Å². The Labute approximate surface area is 262 Å². The minimum Gasteiger partial charge on any atom is -0.311 e. The molecule has 5 aromatic rings. The Kier molecular flexibility index (Phi) is 7.84. The van der Waals surface area contributed by atoms with E-state index in [2.05, 4.69) is 191 Å². The van der Waals surface area contributed by atoms with E-state index in [0.29, 0.717) is 0 Å². The molecule has 0 amide bonds. The van der Waals surface area contributed by atoms with Crippen molar-refractivity contribution in [3.63, 3.8) is 0 Å². The normalized spacial score (nSPS) is 15.3. The fourth-order valence-corrected chi connectivity index (χ4v) is 6.47. The molecular formula is C42H40N2. The highest BCUT2D eigenvalue weighted by Gasteiger charge is 2.38.